The van der Waals surface area contributed by atoms with Crippen molar-refractivity contribution in [3.05, 3.63) is 51.9 Å². The third kappa shape index (κ3) is 2.91. The number of pyridine rings is 1. The molecule has 1 N–H and O–H groups in total. The molecule has 3 aromatic rings. The van der Waals surface area contributed by atoms with Crippen molar-refractivity contribution in [2.45, 2.75) is 33.7 Å². The number of imidazole rings is 1. The summed E-state index contributed by atoms with van der Waals surface area (Å²) < 4.78 is 1.96. The molecular formula is C18H21ClN4. The predicted molar refractivity (Wildman–Crippen MR) is 96.1 cm³/mol. The second-order valence-corrected chi connectivity index (χ2v) is 6.19. The van der Waals surface area contributed by atoms with E-state index < -0.39 is 0 Å². The molecule has 1 aromatic carbocycles. The van der Waals surface area contributed by atoms with Crippen LogP contribution in [0.2, 0.25) is 5.15 Å². The first kappa shape index (κ1) is 15.8. The van der Waals surface area contributed by atoms with E-state index in [1.807, 2.05) is 24.6 Å². The zero-order valence-corrected chi connectivity index (χ0v) is 14.7. The lowest BCUT2D eigenvalue weighted by atomic mass is 10.00. The van der Waals surface area contributed by atoms with Crippen molar-refractivity contribution in [3.63, 3.8) is 0 Å². The van der Waals surface area contributed by atoms with Crippen LogP contribution in [0.1, 0.15) is 29.4 Å². The topological polar surface area (TPSA) is 42.7 Å². The van der Waals surface area contributed by atoms with Gasteiger partial charge >= 0.3 is 0 Å². The van der Waals surface area contributed by atoms with Gasteiger partial charge < -0.3 is 9.88 Å². The van der Waals surface area contributed by atoms with Crippen molar-refractivity contribution >= 4 is 28.5 Å². The minimum absolute atomic E-state index is 0.475. The smallest absolute Gasteiger partial charge is 0.163 e. The van der Waals surface area contributed by atoms with Crippen molar-refractivity contribution in [1.29, 1.82) is 0 Å². The number of aromatic nitrogens is 3. The summed E-state index contributed by atoms with van der Waals surface area (Å²) in [5.41, 5.74) is 6.59. The van der Waals surface area contributed by atoms with E-state index in [1.165, 1.54) is 16.7 Å². The van der Waals surface area contributed by atoms with Crippen LogP contribution in [-0.4, -0.2) is 14.5 Å². The molecule has 0 bridgehead atoms. The summed E-state index contributed by atoms with van der Waals surface area (Å²) in [5, 5.41) is 3.98. The van der Waals surface area contributed by atoms with Crippen LogP contribution in [0.3, 0.4) is 0 Å². The van der Waals surface area contributed by atoms with Crippen LogP contribution >= 0.6 is 11.6 Å². The molecule has 0 unspecified atom stereocenters. The monoisotopic (exact) mass is 328 g/mol. The maximum Gasteiger partial charge on any atom is 0.163 e. The van der Waals surface area contributed by atoms with Gasteiger partial charge in [0.05, 0.1) is 5.69 Å². The van der Waals surface area contributed by atoms with Crippen molar-refractivity contribution in [2.75, 3.05) is 5.32 Å². The lowest BCUT2D eigenvalue weighted by molar-refractivity contribution is 0.874. The molecule has 0 saturated carbocycles. The summed E-state index contributed by atoms with van der Waals surface area (Å²) in [5.74, 6) is 0.919. The highest BCUT2D eigenvalue weighted by atomic mass is 35.5. The first-order valence-corrected chi connectivity index (χ1v) is 8.19. The number of rotatable bonds is 4. The number of aryl methyl sites for hydroxylation is 4. The van der Waals surface area contributed by atoms with Gasteiger partial charge in [-0.2, -0.15) is 0 Å². The molecule has 0 aliphatic rings. The number of hydrogen-bond acceptors (Lipinski definition) is 3. The van der Waals surface area contributed by atoms with Gasteiger partial charge in [-0.25, -0.2) is 9.97 Å². The van der Waals surface area contributed by atoms with Crippen LogP contribution in [0.4, 0.5) is 5.69 Å². The third-order valence-electron chi connectivity index (χ3n) is 4.36. The summed E-state index contributed by atoms with van der Waals surface area (Å²) >= 11 is 6.18. The van der Waals surface area contributed by atoms with E-state index in [9.17, 15) is 0 Å². The van der Waals surface area contributed by atoms with Gasteiger partial charge in [0.2, 0.25) is 0 Å². The second kappa shape index (κ2) is 6.20. The first-order chi connectivity index (χ1) is 11.0. The Morgan fingerprint density at radius 1 is 1.22 bits per heavy atom. The van der Waals surface area contributed by atoms with E-state index in [0.29, 0.717) is 5.15 Å². The zero-order chi connectivity index (χ0) is 16.6. The molecule has 0 fully saturated rings. The predicted octanol–water partition coefficient (Wildman–Crippen LogP) is 4.41. The molecule has 0 atom stereocenters. The van der Waals surface area contributed by atoms with Gasteiger partial charge in [0.25, 0.3) is 0 Å². The van der Waals surface area contributed by atoms with E-state index in [-0.39, 0.29) is 0 Å². The molecule has 0 aliphatic heterocycles. The summed E-state index contributed by atoms with van der Waals surface area (Å²) in [6.45, 7) is 7.05. The van der Waals surface area contributed by atoms with Crippen LogP contribution in [0.25, 0.3) is 11.2 Å². The standard InChI is InChI=1S/C18H21ClN4/c1-5-13-8-6-7-11(2)14(13)10-20-15-9-16(19)22-18-17(15)21-12(3)23(18)4/h6-9H,5,10H2,1-4H3,(H,20,22). The van der Waals surface area contributed by atoms with Crippen LogP contribution < -0.4 is 5.32 Å². The fourth-order valence-corrected chi connectivity index (χ4v) is 3.08. The molecule has 4 nitrogen and oxygen atoms in total. The maximum atomic E-state index is 6.18. The molecule has 3 rings (SSSR count). The third-order valence-corrected chi connectivity index (χ3v) is 4.56. The molecule has 0 radical (unpaired) electrons. The van der Waals surface area contributed by atoms with Gasteiger partial charge in [-0.05, 0) is 37.0 Å². The van der Waals surface area contributed by atoms with Crippen LogP contribution in [-0.2, 0) is 20.0 Å². The lowest BCUT2D eigenvalue weighted by Gasteiger charge is -2.14. The molecule has 0 aliphatic carbocycles. The molecular weight excluding hydrogens is 308 g/mol. The highest BCUT2D eigenvalue weighted by Gasteiger charge is 2.13. The fraction of sp³-hybridized carbons (Fsp3) is 0.333. The number of anilines is 1. The molecule has 2 heterocycles. The number of benzene rings is 1. The highest BCUT2D eigenvalue weighted by molar-refractivity contribution is 6.30. The van der Waals surface area contributed by atoms with Gasteiger partial charge in [0.15, 0.2) is 5.65 Å². The van der Waals surface area contributed by atoms with E-state index in [4.69, 9.17) is 11.6 Å². The summed E-state index contributed by atoms with van der Waals surface area (Å²) in [4.78, 5) is 9.00. The van der Waals surface area contributed by atoms with E-state index >= 15 is 0 Å². The Bertz CT molecular complexity index is 867. The molecule has 0 spiro atoms. The van der Waals surface area contributed by atoms with E-state index in [2.05, 4.69) is 47.3 Å². The van der Waals surface area contributed by atoms with Gasteiger partial charge in [-0.1, -0.05) is 36.7 Å². The molecule has 0 saturated heterocycles. The SMILES string of the molecule is CCc1cccc(C)c1CNc1cc(Cl)nc2c1nc(C)n2C. The summed E-state index contributed by atoms with van der Waals surface area (Å²) in [7, 11) is 1.95. The van der Waals surface area contributed by atoms with Gasteiger partial charge in [-0.15, -0.1) is 0 Å². The Kier molecular flexibility index (Phi) is 4.26. The van der Waals surface area contributed by atoms with E-state index in [1.54, 1.807) is 0 Å². The average Bonchev–Trinajstić information content (AvgIpc) is 2.81. The minimum Gasteiger partial charge on any atom is -0.379 e. The number of halogens is 1. The second-order valence-electron chi connectivity index (χ2n) is 5.80. The van der Waals surface area contributed by atoms with Crippen molar-refractivity contribution in [1.82, 2.24) is 14.5 Å². The number of hydrogen-bond donors (Lipinski definition) is 1. The molecule has 23 heavy (non-hydrogen) atoms. The van der Waals surface area contributed by atoms with Crippen LogP contribution in [0, 0.1) is 13.8 Å². The lowest BCUT2D eigenvalue weighted by Crippen LogP contribution is -2.05. The van der Waals surface area contributed by atoms with Crippen molar-refractivity contribution in [3.8, 4) is 0 Å². The van der Waals surface area contributed by atoms with Gasteiger partial charge in [0.1, 0.15) is 16.5 Å². The quantitative estimate of drug-likeness (QED) is 0.721. The highest BCUT2D eigenvalue weighted by Crippen LogP contribution is 2.26. The Labute approximate surface area is 141 Å². The number of fused-ring (bicyclic) bond motifs is 1. The molecule has 120 valence electrons. The minimum atomic E-state index is 0.475. The average molecular weight is 329 g/mol. The molecule has 5 heteroatoms. The summed E-state index contributed by atoms with van der Waals surface area (Å²) in [6.07, 6.45) is 1.02. The number of nitrogens with zero attached hydrogens (tertiary/aromatic N) is 3. The first-order valence-electron chi connectivity index (χ1n) is 7.82. The van der Waals surface area contributed by atoms with Gasteiger partial charge in [-0.3, -0.25) is 0 Å². The summed E-state index contributed by atoms with van der Waals surface area (Å²) in [6, 6.07) is 8.29. The van der Waals surface area contributed by atoms with Crippen molar-refractivity contribution in [2.24, 2.45) is 7.05 Å². The van der Waals surface area contributed by atoms with Crippen LogP contribution in [0.5, 0.6) is 0 Å². The molecule has 0 amide bonds. The van der Waals surface area contributed by atoms with E-state index in [0.717, 1.165) is 35.6 Å². The zero-order valence-electron chi connectivity index (χ0n) is 13.9. The molecule has 2 aromatic heterocycles. The Morgan fingerprint density at radius 2 is 2.00 bits per heavy atom. The Hall–Kier alpha value is -2.07. The fourth-order valence-electron chi connectivity index (χ4n) is 2.89. The van der Waals surface area contributed by atoms with Crippen LogP contribution in [0.15, 0.2) is 24.3 Å². The Morgan fingerprint density at radius 3 is 2.74 bits per heavy atom. The van der Waals surface area contributed by atoms with Gasteiger partial charge in [0, 0.05) is 19.7 Å². The largest absolute Gasteiger partial charge is 0.379 e. The maximum absolute atomic E-state index is 6.18. The normalized spacial score (nSPS) is 11.2. The number of nitrogens with one attached hydrogen (secondary N) is 1. The Balaban J connectivity index is 1.98. The van der Waals surface area contributed by atoms with Crippen molar-refractivity contribution < 1.29 is 0 Å².